The summed E-state index contributed by atoms with van der Waals surface area (Å²) in [6, 6.07) is 5.43. The zero-order valence-electron chi connectivity index (χ0n) is 16.3. The van der Waals surface area contributed by atoms with Crippen molar-refractivity contribution < 1.29 is 4.74 Å². The summed E-state index contributed by atoms with van der Waals surface area (Å²) in [6.07, 6.45) is 5.56. The van der Waals surface area contributed by atoms with Crippen molar-refractivity contribution in [3.8, 4) is 0 Å². The maximum atomic E-state index is 13.0. The fraction of sp³-hybridized carbons (Fsp3) is 0.476. The number of pyridine rings is 3. The molecule has 28 heavy (non-hydrogen) atoms. The fourth-order valence-corrected chi connectivity index (χ4v) is 3.66. The van der Waals surface area contributed by atoms with Gasteiger partial charge in [0.05, 0.1) is 35.0 Å². The lowest BCUT2D eigenvalue weighted by Gasteiger charge is -2.26. The Morgan fingerprint density at radius 3 is 2.14 bits per heavy atom. The summed E-state index contributed by atoms with van der Waals surface area (Å²) in [5.74, 6) is 0. The third-order valence-corrected chi connectivity index (χ3v) is 5.40. The van der Waals surface area contributed by atoms with Crippen LogP contribution in [0.4, 0.5) is 0 Å². The highest BCUT2D eigenvalue weighted by Crippen LogP contribution is 2.14. The van der Waals surface area contributed by atoms with E-state index in [-0.39, 0.29) is 11.1 Å². The number of rotatable bonds is 6. The van der Waals surface area contributed by atoms with Gasteiger partial charge in [-0.1, -0.05) is 13.3 Å². The van der Waals surface area contributed by atoms with Gasteiger partial charge in [-0.2, -0.15) is 0 Å². The van der Waals surface area contributed by atoms with Gasteiger partial charge in [-0.25, -0.2) is 4.98 Å². The molecule has 0 spiro atoms. The van der Waals surface area contributed by atoms with Gasteiger partial charge in [0.25, 0.3) is 11.1 Å². The van der Waals surface area contributed by atoms with Crippen LogP contribution in [-0.2, 0) is 17.8 Å². The predicted octanol–water partition coefficient (Wildman–Crippen LogP) is 1.84. The van der Waals surface area contributed by atoms with Gasteiger partial charge in [0.15, 0.2) is 0 Å². The number of unbranched alkanes of at least 4 members (excludes halogenated alkanes) is 1. The van der Waals surface area contributed by atoms with Crippen molar-refractivity contribution in [1.82, 2.24) is 19.0 Å². The molecule has 148 valence electrons. The van der Waals surface area contributed by atoms with E-state index >= 15 is 0 Å². The monoisotopic (exact) mass is 382 g/mol. The second-order valence-electron chi connectivity index (χ2n) is 7.29. The lowest BCUT2D eigenvalue weighted by Crippen LogP contribution is -2.39. The van der Waals surface area contributed by atoms with E-state index in [1.54, 1.807) is 27.6 Å². The Hall–Kier alpha value is -2.51. The average molecular weight is 382 g/mol. The van der Waals surface area contributed by atoms with E-state index in [2.05, 4.69) is 16.8 Å². The third-order valence-electron chi connectivity index (χ3n) is 5.40. The number of hydrogen-bond acceptors (Lipinski definition) is 5. The summed E-state index contributed by atoms with van der Waals surface area (Å²) in [5.41, 5.74) is 1.09. The molecule has 4 heterocycles. The molecule has 3 aromatic heterocycles. The molecule has 0 N–H and O–H groups in total. The number of nitrogens with zero attached hydrogens (tertiary/aromatic N) is 4. The number of morpholine rings is 1. The van der Waals surface area contributed by atoms with Crippen LogP contribution in [0.25, 0.3) is 21.8 Å². The van der Waals surface area contributed by atoms with Crippen molar-refractivity contribution in [3.63, 3.8) is 0 Å². The van der Waals surface area contributed by atoms with Crippen LogP contribution in [0.2, 0.25) is 0 Å². The largest absolute Gasteiger partial charge is 0.379 e. The van der Waals surface area contributed by atoms with Gasteiger partial charge in [-0.05, 0) is 24.6 Å². The van der Waals surface area contributed by atoms with Gasteiger partial charge in [0.2, 0.25) is 0 Å². The molecule has 3 aromatic rings. The molecule has 0 atom stereocenters. The van der Waals surface area contributed by atoms with Crippen LogP contribution in [0.3, 0.4) is 0 Å². The number of ether oxygens (including phenoxy) is 1. The zero-order valence-corrected chi connectivity index (χ0v) is 16.3. The van der Waals surface area contributed by atoms with Crippen LogP contribution in [0.5, 0.6) is 0 Å². The van der Waals surface area contributed by atoms with Crippen LogP contribution < -0.4 is 11.1 Å². The van der Waals surface area contributed by atoms with E-state index in [1.165, 1.54) is 0 Å². The molecule has 0 aliphatic carbocycles. The van der Waals surface area contributed by atoms with Crippen LogP contribution in [0.1, 0.15) is 19.8 Å². The van der Waals surface area contributed by atoms with Gasteiger partial charge >= 0.3 is 0 Å². The maximum absolute atomic E-state index is 13.0. The maximum Gasteiger partial charge on any atom is 0.260 e. The van der Waals surface area contributed by atoms with Gasteiger partial charge in [0, 0.05) is 45.1 Å². The van der Waals surface area contributed by atoms with Crippen molar-refractivity contribution in [2.45, 2.75) is 32.9 Å². The number of fused-ring (bicyclic) bond motifs is 2. The molecule has 0 bridgehead atoms. The van der Waals surface area contributed by atoms with Gasteiger partial charge in [-0.15, -0.1) is 0 Å². The number of aromatic nitrogens is 3. The van der Waals surface area contributed by atoms with Crippen molar-refractivity contribution >= 4 is 21.8 Å². The topological polar surface area (TPSA) is 69.4 Å². The predicted molar refractivity (Wildman–Crippen MR) is 110 cm³/mol. The lowest BCUT2D eigenvalue weighted by molar-refractivity contribution is 0.0363. The van der Waals surface area contributed by atoms with Crippen molar-refractivity contribution in [2.24, 2.45) is 0 Å². The van der Waals surface area contributed by atoms with E-state index < -0.39 is 0 Å². The first-order chi connectivity index (χ1) is 13.7. The molecule has 1 saturated heterocycles. The Labute approximate surface area is 163 Å². The van der Waals surface area contributed by atoms with E-state index in [0.29, 0.717) is 34.9 Å². The Morgan fingerprint density at radius 2 is 1.54 bits per heavy atom. The molecular formula is C21H26N4O3. The second-order valence-corrected chi connectivity index (χ2v) is 7.29. The summed E-state index contributed by atoms with van der Waals surface area (Å²) in [6.45, 7) is 7.47. The molecule has 7 heteroatoms. The standard InChI is InChI=1S/C21H26N4O3/c1-2-3-6-24-7-4-18-16(20(24)26)15-17-19(22-18)5-8-25(21(17)27)10-9-23-11-13-28-14-12-23/h4-5,7-8,15H,2-3,6,9-14H2,1H3. The van der Waals surface area contributed by atoms with Crippen molar-refractivity contribution in [2.75, 3.05) is 32.8 Å². The van der Waals surface area contributed by atoms with Crippen LogP contribution >= 0.6 is 0 Å². The van der Waals surface area contributed by atoms with E-state index in [0.717, 1.165) is 45.7 Å². The first-order valence-corrected chi connectivity index (χ1v) is 10.0. The van der Waals surface area contributed by atoms with E-state index in [9.17, 15) is 9.59 Å². The minimum atomic E-state index is -0.0940. The van der Waals surface area contributed by atoms with Crippen molar-refractivity contribution in [3.05, 3.63) is 51.3 Å². The molecule has 0 unspecified atom stereocenters. The highest BCUT2D eigenvalue weighted by molar-refractivity contribution is 5.91. The van der Waals surface area contributed by atoms with Gasteiger partial charge in [0.1, 0.15) is 0 Å². The SMILES string of the molecule is CCCCn1ccc2nc3ccn(CCN4CCOCC4)c(=O)c3cc2c1=O. The van der Waals surface area contributed by atoms with E-state index in [4.69, 9.17) is 4.74 Å². The summed E-state index contributed by atoms with van der Waals surface area (Å²) in [7, 11) is 0. The Kier molecular flexibility index (Phi) is 5.54. The summed E-state index contributed by atoms with van der Waals surface area (Å²) in [5, 5.41) is 1.01. The molecule has 0 amide bonds. The van der Waals surface area contributed by atoms with Crippen LogP contribution in [-0.4, -0.2) is 51.9 Å². The highest BCUT2D eigenvalue weighted by Gasteiger charge is 2.12. The van der Waals surface area contributed by atoms with Crippen molar-refractivity contribution in [1.29, 1.82) is 0 Å². The minimum absolute atomic E-state index is 0.0801. The second kappa shape index (κ2) is 8.24. The normalized spacial score (nSPS) is 15.5. The smallest absolute Gasteiger partial charge is 0.260 e. The lowest BCUT2D eigenvalue weighted by atomic mass is 10.2. The molecule has 1 fully saturated rings. The van der Waals surface area contributed by atoms with Gasteiger partial charge < -0.3 is 13.9 Å². The summed E-state index contributed by atoms with van der Waals surface area (Å²) < 4.78 is 8.79. The van der Waals surface area contributed by atoms with Crippen LogP contribution in [0, 0.1) is 0 Å². The highest BCUT2D eigenvalue weighted by atomic mass is 16.5. The zero-order chi connectivity index (χ0) is 19.5. The Bertz CT molecular complexity index is 1100. The Morgan fingerprint density at radius 1 is 0.929 bits per heavy atom. The molecule has 1 aliphatic heterocycles. The fourth-order valence-electron chi connectivity index (χ4n) is 3.66. The van der Waals surface area contributed by atoms with Gasteiger partial charge in [-0.3, -0.25) is 14.5 Å². The molecule has 0 aromatic carbocycles. The molecule has 0 saturated carbocycles. The summed E-state index contributed by atoms with van der Waals surface area (Å²) >= 11 is 0. The molecule has 1 aliphatic rings. The van der Waals surface area contributed by atoms with Crippen LogP contribution in [0.15, 0.2) is 40.2 Å². The number of hydrogen-bond donors (Lipinski definition) is 0. The minimum Gasteiger partial charge on any atom is -0.379 e. The van der Waals surface area contributed by atoms with E-state index in [1.807, 2.05) is 12.1 Å². The molecule has 0 radical (unpaired) electrons. The molecular weight excluding hydrogens is 356 g/mol. The molecule has 4 rings (SSSR count). The number of aryl methyl sites for hydroxylation is 1. The molecule has 7 nitrogen and oxygen atoms in total. The first kappa shape index (κ1) is 18.8. The summed E-state index contributed by atoms with van der Waals surface area (Å²) in [4.78, 5) is 32.6. The first-order valence-electron chi connectivity index (χ1n) is 10.0. The third kappa shape index (κ3) is 3.72. The quantitative estimate of drug-likeness (QED) is 0.609. The Balaban J connectivity index is 1.69. The average Bonchev–Trinajstić information content (AvgIpc) is 2.73.